The SMILES string of the molecule is COc1ccccc1NC(=O)C1=C(C)NC(SCC(=O)c2ccc(Br)cc2)=C(C#N)C1c1ccccc1Cl. The van der Waals surface area contributed by atoms with Crippen LogP contribution in [0.25, 0.3) is 0 Å². The van der Waals surface area contributed by atoms with Gasteiger partial charge in [-0.3, -0.25) is 9.59 Å². The van der Waals surface area contributed by atoms with Crippen molar-refractivity contribution in [2.24, 2.45) is 0 Å². The number of nitrogens with zero attached hydrogens (tertiary/aromatic N) is 1. The summed E-state index contributed by atoms with van der Waals surface area (Å²) in [6.07, 6.45) is 0. The zero-order chi connectivity index (χ0) is 27.2. The molecule has 1 atom stereocenters. The standard InChI is InChI=1S/C29H23BrClN3O3S/c1-17-26(28(36)34-23-9-5-6-10-25(23)37-2)27(20-7-3-4-8-22(20)31)21(15-32)29(33-17)38-16-24(35)18-11-13-19(30)14-12-18/h3-14,27,33H,16H2,1-2H3,(H,34,36). The minimum absolute atomic E-state index is 0.0790. The van der Waals surface area contributed by atoms with Crippen LogP contribution in [0.3, 0.4) is 0 Å². The number of carbonyl (C=O) groups excluding carboxylic acids is 2. The first-order chi connectivity index (χ1) is 18.3. The first-order valence-corrected chi connectivity index (χ1v) is 13.7. The molecule has 3 aromatic rings. The molecule has 0 saturated heterocycles. The molecular weight excluding hydrogens is 586 g/mol. The fourth-order valence-corrected chi connectivity index (χ4v) is 5.64. The number of allylic oxidation sites excluding steroid dienone is 2. The molecule has 3 aromatic carbocycles. The van der Waals surface area contributed by atoms with Crippen molar-refractivity contribution in [1.82, 2.24) is 5.32 Å². The second-order valence-corrected chi connectivity index (χ2v) is 10.7. The minimum atomic E-state index is -0.741. The van der Waals surface area contributed by atoms with Crippen molar-refractivity contribution in [3.8, 4) is 11.8 Å². The number of amides is 1. The van der Waals surface area contributed by atoms with Gasteiger partial charge in [0.15, 0.2) is 5.78 Å². The average Bonchev–Trinajstić information content (AvgIpc) is 2.92. The summed E-state index contributed by atoms with van der Waals surface area (Å²) in [5.74, 6) is -0.594. The van der Waals surface area contributed by atoms with Gasteiger partial charge in [0.25, 0.3) is 5.91 Å². The minimum Gasteiger partial charge on any atom is -0.495 e. The lowest BCUT2D eigenvalue weighted by atomic mass is 9.82. The van der Waals surface area contributed by atoms with Gasteiger partial charge in [-0.2, -0.15) is 5.26 Å². The Kier molecular flexibility index (Phi) is 8.95. The molecule has 1 heterocycles. The summed E-state index contributed by atoms with van der Waals surface area (Å²) < 4.78 is 6.26. The molecule has 0 fully saturated rings. The first kappa shape index (κ1) is 27.5. The predicted octanol–water partition coefficient (Wildman–Crippen LogP) is 7.06. The topological polar surface area (TPSA) is 91.2 Å². The van der Waals surface area contributed by atoms with Crippen LogP contribution in [0.4, 0.5) is 5.69 Å². The Hall–Kier alpha value is -3.51. The molecule has 4 rings (SSSR count). The van der Waals surface area contributed by atoms with Crippen LogP contribution in [0.2, 0.25) is 5.02 Å². The van der Waals surface area contributed by atoms with Crippen LogP contribution in [0.5, 0.6) is 5.75 Å². The number of para-hydroxylation sites is 2. The number of ketones is 1. The molecule has 1 amide bonds. The van der Waals surface area contributed by atoms with Crippen LogP contribution in [0.15, 0.2) is 99.1 Å². The molecule has 0 bridgehead atoms. The molecule has 0 radical (unpaired) electrons. The van der Waals surface area contributed by atoms with E-state index in [2.05, 4.69) is 32.6 Å². The number of methoxy groups -OCH3 is 1. The molecule has 0 spiro atoms. The van der Waals surface area contributed by atoms with Gasteiger partial charge in [0.1, 0.15) is 5.75 Å². The molecule has 1 unspecified atom stereocenters. The van der Waals surface area contributed by atoms with Gasteiger partial charge < -0.3 is 15.4 Å². The zero-order valence-electron chi connectivity index (χ0n) is 20.5. The number of hydrogen-bond acceptors (Lipinski definition) is 6. The van der Waals surface area contributed by atoms with Gasteiger partial charge in [-0.15, -0.1) is 0 Å². The van der Waals surface area contributed by atoms with Crippen molar-refractivity contribution in [3.05, 3.63) is 115 Å². The number of benzene rings is 3. The predicted molar refractivity (Wildman–Crippen MR) is 155 cm³/mol. The molecule has 38 heavy (non-hydrogen) atoms. The number of nitrogens with one attached hydrogen (secondary N) is 2. The average molecular weight is 609 g/mol. The van der Waals surface area contributed by atoms with Gasteiger partial charge in [0.2, 0.25) is 0 Å². The molecule has 9 heteroatoms. The first-order valence-electron chi connectivity index (χ1n) is 11.6. The lowest BCUT2D eigenvalue weighted by molar-refractivity contribution is -0.113. The smallest absolute Gasteiger partial charge is 0.254 e. The van der Waals surface area contributed by atoms with Crippen molar-refractivity contribution in [3.63, 3.8) is 0 Å². The summed E-state index contributed by atoms with van der Waals surface area (Å²) in [4.78, 5) is 26.5. The number of hydrogen-bond donors (Lipinski definition) is 2. The van der Waals surface area contributed by atoms with E-state index in [0.29, 0.717) is 49.5 Å². The summed E-state index contributed by atoms with van der Waals surface area (Å²) in [6, 6.07) is 23.6. The van der Waals surface area contributed by atoms with Crippen molar-refractivity contribution in [2.75, 3.05) is 18.2 Å². The van der Waals surface area contributed by atoms with E-state index in [4.69, 9.17) is 16.3 Å². The van der Waals surface area contributed by atoms with E-state index < -0.39 is 11.8 Å². The second-order valence-electron chi connectivity index (χ2n) is 8.35. The van der Waals surface area contributed by atoms with Crippen molar-refractivity contribution >= 4 is 56.7 Å². The van der Waals surface area contributed by atoms with Crippen LogP contribution >= 0.6 is 39.3 Å². The fraction of sp³-hybridized carbons (Fsp3) is 0.138. The Labute approximate surface area is 238 Å². The van der Waals surface area contributed by atoms with Gasteiger partial charge in [0.05, 0.1) is 41.1 Å². The third-order valence-corrected chi connectivity index (χ3v) is 7.87. The largest absolute Gasteiger partial charge is 0.495 e. The summed E-state index contributed by atoms with van der Waals surface area (Å²) >= 11 is 11.2. The Morgan fingerprint density at radius 1 is 1.11 bits per heavy atom. The Morgan fingerprint density at radius 2 is 1.79 bits per heavy atom. The van der Waals surface area contributed by atoms with E-state index >= 15 is 0 Å². The molecule has 6 nitrogen and oxygen atoms in total. The van der Waals surface area contributed by atoms with E-state index in [-0.39, 0.29) is 11.5 Å². The molecule has 1 aliphatic heterocycles. The summed E-state index contributed by atoms with van der Waals surface area (Å²) in [5.41, 5.74) is 2.91. The Bertz CT molecular complexity index is 1500. The number of anilines is 1. The maximum absolute atomic E-state index is 13.7. The highest BCUT2D eigenvalue weighted by molar-refractivity contribution is 9.10. The van der Waals surface area contributed by atoms with Crippen LogP contribution in [0.1, 0.15) is 28.8 Å². The Balaban J connectivity index is 1.70. The second kappa shape index (κ2) is 12.4. The number of halogens is 2. The molecule has 0 aromatic heterocycles. The quantitative estimate of drug-likeness (QED) is 0.266. The van der Waals surface area contributed by atoms with Crippen LogP contribution in [-0.4, -0.2) is 24.6 Å². The van der Waals surface area contributed by atoms with E-state index in [0.717, 1.165) is 4.47 Å². The van der Waals surface area contributed by atoms with Crippen molar-refractivity contribution < 1.29 is 14.3 Å². The highest BCUT2D eigenvalue weighted by Gasteiger charge is 2.36. The van der Waals surface area contributed by atoms with Gasteiger partial charge in [-0.25, -0.2) is 0 Å². The molecule has 0 saturated carbocycles. The highest BCUT2D eigenvalue weighted by atomic mass is 79.9. The number of nitriles is 1. The van der Waals surface area contributed by atoms with Crippen LogP contribution in [0, 0.1) is 11.3 Å². The van der Waals surface area contributed by atoms with Crippen molar-refractivity contribution in [2.45, 2.75) is 12.8 Å². The fourth-order valence-electron chi connectivity index (χ4n) is 4.14. The maximum Gasteiger partial charge on any atom is 0.254 e. The number of carbonyl (C=O) groups is 2. The van der Waals surface area contributed by atoms with E-state index in [9.17, 15) is 14.9 Å². The van der Waals surface area contributed by atoms with Gasteiger partial charge in [0, 0.05) is 26.3 Å². The number of dihydropyridines is 1. The number of thioether (sulfide) groups is 1. The third-order valence-electron chi connectivity index (χ3n) is 5.98. The van der Waals surface area contributed by atoms with Crippen molar-refractivity contribution in [1.29, 1.82) is 5.26 Å². The summed E-state index contributed by atoms with van der Waals surface area (Å²) in [7, 11) is 1.53. The lowest BCUT2D eigenvalue weighted by Gasteiger charge is -2.30. The molecule has 0 aliphatic carbocycles. The Morgan fingerprint density at radius 3 is 2.47 bits per heavy atom. The van der Waals surface area contributed by atoms with E-state index in [1.807, 2.05) is 24.3 Å². The van der Waals surface area contributed by atoms with Crippen LogP contribution in [-0.2, 0) is 4.79 Å². The van der Waals surface area contributed by atoms with E-state index in [1.54, 1.807) is 55.5 Å². The monoisotopic (exact) mass is 607 g/mol. The summed E-state index contributed by atoms with van der Waals surface area (Å²) in [6.45, 7) is 1.77. The molecular formula is C29H23BrClN3O3S. The normalized spacial score (nSPS) is 15.0. The lowest BCUT2D eigenvalue weighted by Crippen LogP contribution is -2.31. The number of Topliss-reactive ketones (excluding diaryl/α,β-unsaturated/α-hetero) is 1. The number of rotatable bonds is 8. The maximum atomic E-state index is 13.7. The molecule has 192 valence electrons. The molecule has 2 N–H and O–H groups in total. The number of ether oxygens (including phenoxy) is 1. The van der Waals surface area contributed by atoms with Crippen LogP contribution < -0.4 is 15.4 Å². The highest BCUT2D eigenvalue weighted by Crippen LogP contribution is 2.43. The zero-order valence-corrected chi connectivity index (χ0v) is 23.7. The third kappa shape index (κ3) is 5.97. The summed E-state index contributed by atoms with van der Waals surface area (Å²) in [5, 5.41) is 17.3. The van der Waals surface area contributed by atoms with E-state index in [1.165, 1.54) is 18.9 Å². The molecule has 1 aliphatic rings. The van der Waals surface area contributed by atoms with Gasteiger partial charge in [-0.05, 0) is 42.8 Å². The van der Waals surface area contributed by atoms with Gasteiger partial charge in [-0.1, -0.05) is 81.8 Å². The van der Waals surface area contributed by atoms with Gasteiger partial charge >= 0.3 is 0 Å².